The number of amides is 2. The molecule has 1 aromatic heterocycles. The van der Waals surface area contributed by atoms with E-state index in [9.17, 15) is 14.0 Å². The predicted molar refractivity (Wildman–Crippen MR) is 111 cm³/mol. The number of aromatic nitrogens is 1. The van der Waals surface area contributed by atoms with Crippen LogP contribution in [-0.2, 0) is 4.79 Å². The van der Waals surface area contributed by atoms with Crippen LogP contribution >= 0.6 is 15.9 Å². The molecule has 29 heavy (non-hydrogen) atoms. The topological polar surface area (TPSA) is 80.3 Å². The number of rotatable bonds is 6. The molecule has 2 amide bonds. The van der Waals surface area contributed by atoms with Gasteiger partial charge in [0.25, 0.3) is 11.8 Å². The Balaban J connectivity index is 1.64. The van der Waals surface area contributed by atoms with Crippen LogP contribution in [0.4, 0.5) is 15.8 Å². The van der Waals surface area contributed by atoms with Crippen molar-refractivity contribution in [1.29, 1.82) is 0 Å². The minimum atomic E-state index is -0.842. The molecule has 0 spiro atoms. The molecule has 3 aromatic rings. The van der Waals surface area contributed by atoms with Crippen LogP contribution < -0.4 is 15.4 Å². The van der Waals surface area contributed by atoms with Gasteiger partial charge < -0.3 is 15.4 Å². The summed E-state index contributed by atoms with van der Waals surface area (Å²) in [4.78, 5) is 28.7. The van der Waals surface area contributed by atoms with Crippen molar-refractivity contribution in [3.63, 3.8) is 0 Å². The zero-order valence-corrected chi connectivity index (χ0v) is 16.9. The third-order valence-electron chi connectivity index (χ3n) is 3.90. The second-order valence-corrected chi connectivity index (χ2v) is 6.95. The van der Waals surface area contributed by atoms with E-state index < -0.39 is 17.8 Å². The molecule has 0 saturated heterocycles. The van der Waals surface area contributed by atoms with Crippen LogP contribution in [0.3, 0.4) is 0 Å². The number of benzene rings is 2. The van der Waals surface area contributed by atoms with Gasteiger partial charge in [0.15, 0.2) is 6.10 Å². The monoisotopic (exact) mass is 457 g/mol. The highest BCUT2D eigenvalue weighted by molar-refractivity contribution is 9.10. The van der Waals surface area contributed by atoms with Crippen molar-refractivity contribution in [3.8, 4) is 5.75 Å². The number of hydrogen-bond acceptors (Lipinski definition) is 4. The fraction of sp³-hybridized carbons (Fsp3) is 0.0952. The Morgan fingerprint density at radius 3 is 2.52 bits per heavy atom. The Morgan fingerprint density at radius 2 is 1.79 bits per heavy atom. The summed E-state index contributed by atoms with van der Waals surface area (Å²) in [5.74, 6) is -0.789. The maximum absolute atomic E-state index is 13.2. The molecule has 0 aliphatic heterocycles. The van der Waals surface area contributed by atoms with Crippen molar-refractivity contribution in [1.82, 2.24) is 4.98 Å². The smallest absolute Gasteiger partial charge is 0.265 e. The zero-order chi connectivity index (χ0) is 20.8. The van der Waals surface area contributed by atoms with Crippen LogP contribution in [0.2, 0.25) is 0 Å². The SMILES string of the molecule is CC(Oc1ccc(F)cc1Br)C(=O)Nc1cccc(C(=O)Nc2ccncc2)c1. The molecule has 0 aliphatic rings. The number of nitrogens with zero attached hydrogens (tertiary/aromatic N) is 1. The third kappa shape index (κ3) is 5.61. The average molecular weight is 458 g/mol. The predicted octanol–water partition coefficient (Wildman–Crippen LogP) is 4.64. The first-order valence-electron chi connectivity index (χ1n) is 8.66. The number of carbonyl (C=O) groups is 2. The van der Waals surface area contributed by atoms with Crippen molar-refractivity contribution >= 4 is 39.1 Å². The number of ether oxygens (including phenoxy) is 1. The van der Waals surface area contributed by atoms with Gasteiger partial charge in [-0.2, -0.15) is 0 Å². The van der Waals surface area contributed by atoms with E-state index in [0.29, 0.717) is 27.2 Å². The van der Waals surface area contributed by atoms with Gasteiger partial charge in [-0.3, -0.25) is 14.6 Å². The summed E-state index contributed by atoms with van der Waals surface area (Å²) in [7, 11) is 0. The van der Waals surface area contributed by atoms with Crippen LogP contribution in [0.5, 0.6) is 5.75 Å². The van der Waals surface area contributed by atoms with Crippen LogP contribution in [0.1, 0.15) is 17.3 Å². The van der Waals surface area contributed by atoms with Gasteiger partial charge in [-0.15, -0.1) is 0 Å². The average Bonchev–Trinajstić information content (AvgIpc) is 2.71. The standard InChI is InChI=1S/C21H17BrFN3O3/c1-13(29-19-6-5-15(23)12-18(19)22)20(27)26-17-4-2-3-14(11-17)21(28)25-16-7-9-24-10-8-16/h2-13H,1H3,(H,26,27)(H,24,25,28). The lowest BCUT2D eigenvalue weighted by atomic mass is 10.1. The molecule has 2 aromatic carbocycles. The van der Waals surface area contributed by atoms with Gasteiger partial charge in [-0.1, -0.05) is 6.07 Å². The van der Waals surface area contributed by atoms with E-state index in [4.69, 9.17) is 4.74 Å². The molecule has 2 N–H and O–H groups in total. The highest BCUT2D eigenvalue weighted by atomic mass is 79.9. The van der Waals surface area contributed by atoms with E-state index in [-0.39, 0.29) is 5.91 Å². The molecule has 0 bridgehead atoms. The van der Waals surface area contributed by atoms with Crippen LogP contribution in [0.25, 0.3) is 0 Å². The molecular formula is C21H17BrFN3O3. The Bertz CT molecular complexity index is 1030. The first-order chi connectivity index (χ1) is 13.9. The number of anilines is 2. The normalized spacial score (nSPS) is 11.4. The molecular weight excluding hydrogens is 441 g/mol. The summed E-state index contributed by atoms with van der Waals surface area (Å²) in [5.41, 5.74) is 1.45. The lowest BCUT2D eigenvalue weighted by molar-refractivity contribution is -0.122. The maximum atomic E-state index is 13.2. The van der Waals surface area contributed by atoms with E-state index in [0.717, 1.165) is 0 Å². The summed E-state index contributed by atoms with van der Waals surface area (Å²) in [5, 5.41) is 5.46. The van der Waals surface area contributed by atoms with E-state index in [1.807, 2.05) is 0 Å². The summed E-state index contributed by atoms with van der Waals surface area (Å²) in [6.07, 6.45) is 2.31. The van der Waals surface area contributed by atoms with Gasteiger partial charge in [0.2, 0.25) is 0 Å². The van der Waals surface area contributed by atoms with Crippen molar-refractivity contribution in [2.75, 3.05) is 10.6 Å². The van der Waals surface area contributed by atoms with Crippen molar-refractivity contribution in [2.45, 2.75) is 13.0 Å². The van der Waals surface area contributed by atoms with Crippen LogP contribution in [0, 0.1) is 5.82 Å². The minimum Gasteiger partial charge on any atom is -0.480 e. The molecule has 0 aliphatic carbocycles. The first-order valence-corrected chi connectivity index (χ1v) is 9.45. The largest absolute Gasteiger partial charge is 0.480 e. The van der Waals surface area contributed by atoms with Gasteiger partial charge in [0, 0.05) is 29.3 Å². The number of pyridine rings is 1. The molecule has 3 rings (SSSR count). The third-order valence-corrected chi connectivity index (χ3v) is 4.52. The van der Waals surface area contributed by atoms with Crippen LogP contribution in [-0.4, -0.2) is 22.9 Å². The van der Waals surface area contributed by atoms with E-state index in [1.54, 1.807) is 55.7 Å². The lowest BCUT2D eigenvalue weighted by Crippen LogP contribution is -2.30. The summed E-state index contributed by atoms with van der Waals surface area (Å²) < 4.78 is 19.2. The Labute approximate surface area is 175 Å². The highest BCUT2D eigenvalue weighted by Crippen LogP contribution is 2.26. The van der Waals surface area contributed by atoms with Gasteiger partial charge in [-0.05, 0) is 71.4 Å². The molecule has 148 valence electrons. The quantitative estimate of drug-likeness (QED) is 0.564. The van der Waals surface area contributed by atoms with Gasteiger partial charge in [0.1, 0.15) is 11.6 Å². The fourth-order valence-electron chi connectivity index (χ4n) is 2.44. The molecule has 0 radical (unpaired) electrons. The van der Waals surface area contributed by atoms with E-state index in [1.165, 1.54) is 18.2 Å². The molecule has 0 fully saturated rings. The zero-order valence-electron chi connectivity index (χ0n) is 15.4. The minimum absolute atomic E-state index is 0.313. The Morgan fingerprint density at radius 1 is 1.03 bits per heavy atom. The second-order valence-electron chi connectivity index (χ2n) is 6.09. The van der Waals surface area contributed by atoms with Gasteiger partial charge in [-0.25, -0.2) is 4.39 Å². The van der Waals surface area contributed by atoms with E-state index in [2.05, 4.69) is 31.5 Å². The molecule has 6 nitrogen and oxygen atoms in total. The first kappa shape index (κ1) is 20.5. The number of carbonyl (C=O) groups excluding carboxylic acids is 2. The van der Waals surface area contributed by atoms with Gasteiger partial charge >= 0.3 is 0 Å². The number of halogens is 2. The second kappa shape index (κ2) is 9.29. The summed E-state index contributed by atoms with van der Waals surface area (Å²) >= 11 is 3.20. The fourth-order valence-corrected chi connectivity index (χ4v) is 2.88. The lowest BCUT2D eigenvalue weighted by Gasteiger charge is -2.16. The Hall–Kier alpha value is -3.26. The van der Waals surface area contributed by atoms with E-state index >= 15 is 0 Å². The van der Waals surface area contributed by atoms with Crippen molar-refractivity contribution < 1.29 is 18.7 Å². The Kier molecular flexibility index (Phi) is 6.56. The molecule has 8 heteroatoms. The highest BCUT2D eigenvalue weighted by Gasteiger charge is 2.17. The van der Waals surface area contributed by atoms with Crippen LogP contribution in [0.15, 0.2) is 71.5 Å². The van der Waals surface area contributed by atoms with Gasteiger partial charge in [0.05, 0.1) is 4.47 Å². The summed E-state index contributed by atoms with van der Waals surface area (Å²) in [6.45, 7) is 1.57. The number of hydrogen-bond donors (Lipinski definition) is 2. The molecule has 1 unspecified atom stereocenters. The molecule has 0 saturated carbocycles. The maximum Gasteiger partial charge on any atom is 0.265 e. The molecule has 1 heterocycles. The van der Waals surface area contributed by atoms with Crippen molar-refractivity contribution in [3.05, 3.63) is 82.8 Å². The molecule has 1 atom stereocenters. The summed E-state index contributed by atoms with van der Waals surface area (Å²) in [6, 6.07) is 13.8. The van der Waals surface area contributed by atoms with Crippen molar-refractivity contribution in [2.24, 2.45) is 0 Å². The number of nitrogens with one attached hydrogen (secondary N) is 2.